The van der Waals surface area contributed by atoms with Gasteiger partial charge >= 0.3 is 5.97 Å². The van der Waals surface area contributed by atoms with Crippen molar-refractivity contribution in [2.75, 3.05) is 11.9 Å². The Bertz CT molecular complexity index is 1060. The summed E-state index contributed by atoms with van der Waals surface area (Å²) in [6, 6.07) is 11.5. The van der Waals surface area contributed by atoms with Gasteiger partial charge in [-0.2, -0.15) is 0 Å². The maximum atomic E-state index is 13.2. The second-order valence-corrected chi connectivity index (χ2v) is 7.70. The zero-order valence-corrected chi connectivity index (χ0v) is 17.6. The largest absolute Gasteiger partial charge is 0.462 e. The molecule has 2 aromatic heterocycles. The van der Waals surface area contributed by atoms with Crippen molar-refractivity contribution in [1.29, 1.82) is 0 Å². The number of pyridine rings is 1. The summed E-state index contributed by atoms with van der Waals surface area (Å²) >= 11 is 0. The second kappa shape index (κ2) is 9.11. The van der Waals surface area contributed by atoms with Crippen LogP contribution in [0.3, 0.4) is 0 Å². The molecule has 0 aliphatic carbocycles. The molecule has 6 nitrogen and oxygen atoms in total. The van der Waals surface area contributed by atoms with E-state index in [4.69, 9.17) is 9.72 Å². The zero-order valence-electron chi connectivity index (χ0n) is 17.6. The number of nitrogens with one attached hydrogen (secondary N) is 1. The molecule has 3 heterocycles. The lowest BCUT2D eigenvalue weighted by molar-refractivity contribution is -0.139. The molecule has 0 spiro atoms. The summed E-state index contributed by atoms with van der Waals surface area (Å²) < 4.78 is 7.76. The average molecular weight is 405 g/mol. The molecule has 1 N–H and O–H groups in total. The Balaban J connectivity index is 1.66. The van der Waals surface area contributed by atoms with Crippen LogP contribution in [0.1, 0.15) is 57.6 Å². The van der Waals surface area contributed by atoms with Crippen molar-refractivity contribution >= 4 is 23.0 Å². The zero-order chi connectivity index (χ0) is 20.9. The van der Waals surface area contributed by atoms with Crippen LogP contribution in [-0.2, 0) is 9.53 Å². The Morgan fingerprint density at radius 3 is 2.77 bits per heavy atom. The lowest BCUT2D eigenvalue weighted by Gasteiger charge is -2.30. The highest BCUT2D eigenvalue weighted by atomic mass is 16.5. The maximum absolute atomic E-state index is 13.2. The quantitative estimate of drug-likeness (QED) is 0.411. The normalized spacial score (nSPS) is 15.7. The van der Waals surface area contributed by atoms with Gasteiger partial charge in [0, 0.05) is 18.1 Å². The third kappa shape index (κ3) is 3.95. The Labute approximate surface area is 177 Å². The van der Waals surface area contributed by atoms with Crippen LogP contribution in [-0.4, -0.2) is 27.1 Å². The van der Waals surface area contributed by atoms with Crippen LogP contribution in [0.15, 0.2) is 60.1 Å². The van der Waals surface area contributed by atoms with Gasteiger partial charge in [-0.1, -0.05) is 50.8 Å². The summed E-state index contributed by atoms with van der Waals surface area (Å²) in [6.07, 6.45) is 9.12. The first kappa shape index (κ1) is 20.1. The van der Waals surface area contributed by atoms with E-state index < -0.39 is 0 Å². The molecule has 156 valence electrons. The van der Waals surface area contributed by atoms with Crippen molar-refractivity contribution in [3.63, 3.8) is 0 Å². The molecule has 0 amide bonds. The number of esters is 1. The predicted molar refractivity (Wildman–Crippen MR) is 118 cm³/mol. The van der Waals surface area contributed by atoms with Gasteiger partial charge in [0.25, 0.3) is 0 Å². The van der Waals surface area contributed by atoms with Crippen molar-refractivity contribution in [2.45, 2.75) is 52.0 Å². The van der Waals surface area contributed by atoms with Gasteiger partial charge in [0.2, 0.25) is 5.95 Å². The molecule has 4 rings (SSSR count). The summed E-state index contributed by atoms with van der Waals surface area (Å²) in [7, 11) is 0. The van der Waals surface area contributed by atoms with Crippen LogP contribution < -0.4 is 5.32 Å². The number of nitrogens with zero attached hydrogens (tertiary/aromatic N) is 3. The standard InChI is InChI=1S/C24H28N4O2/c1-3-4-5-6-9-15-30-23(29)21-17(2)26-24-27-19-12-7-8-13-20(19)28(24)22(21)18-11-10-14-25-16-18/h7-8,10-14,16,22H,3-6,9,15H2,1-2H3,(H,26,27)/t22-/m1/s1. The fourth-order valence-electron chi connectivity index (χ4n) is 4.03. The first-order valence-corrected chi connectivity index (χ1v) is 10.7. The molecule has 0 fully saturated rings. The summed E-state index contributed by atoms with van der Waals surface area (Å²) in [5.74, 6) is 0.437. The third-order valence-electron chi connectivity index (χ3n) is 5.53. The molecule has 1 atom stereocenters. The van der Waals surface area contributed by atoms with Crippen LogP contribution in [0.25, 0.3) is 11.0 Å². The summed E-state index contributed by atoms with van der Waals surface area (Å²) in [5.41, 5.74) is 4.14. The van der Waals surface area contributed by atoms with Gasteiger partial charge in [-0.05, 0) is 37.1 Å². The van der Waals surface area contributed by atoms with Gasteiger partial charge in [-0.15, -0.1) is 0 Å². The van der Waals surface area contributed by atoms with E-state index in [2.05, 4.69) is 21.8 Å². The Kier molecular flexibility index (Phi) is 6.12. The molecule has 1 aliphatic heterocycles. The number of unbranched alkanes of at least 4 members (excludes halogenated alkanes) is 4. The van der Waals surface area contributed by atoms with E-state index in [1.54, 1.807) is 12.4 Å². The highest BCUT2D eigenvalue weighted by Crippen LogP contribution is 2.39. The van der Waals surface area contributed by atoms with Gasteiger partial charge in [-0.3, -0.25) is 9.55 Å². The molecule has 30 heavy (non-hydrogen) atoms. The number of hydrogen-bond donors (Lipinski definition) is 1. The number of anilines is 1. The summed E-state index contributed by atoms with van der Waals surface area (Å²) in [5, 5.41) is 3.31. The number of imidazole rings is 1. The van der Waals surface area contributed by atoms with Crippen LogP contribution in [0, 0.1) is 0 Å². The number of allylic oxidation sites excluding steroid dienone is 1. The van der Waals surface area contributed by atoms with Crippen molar-refractivity contribution in [3.8, 4) is 0 Å². The lowest BCUT2D eigenvalue weighted by Crippen LogP contribution is -2.29. The molecule has 1 aliphatic rings. The van der Waals surface area contributed by atoms with E-state index in [-0.39, 0.29) is 12.0 Å². The Hall–Kier alpha value is -3.15. The van der Waals surface area contributed by atoms with E-state index in [0.717, 1.165) is 41.1 Å². The van der Waals surface area contributed by atoms with E-state index in [0.29, 0.717) is 12.2 Å². The smallest absolute Gasteiger partial charge is 0.338 e. The molecular weight excluding hydrogens is 376 g/mol. The van der Waals surface area contributed by atoms with Gasteiger partial charge < -0.3 is 10.1 Å². The van der Waals surface area contributed by atoms with Crippen LogP contribution in [0.5, 0.6) is 0 Å². The van der Waals surface area contributed by atoms with Crippen LogP contribution in [0.4, 0.5) is 5.95 Å². The number of carbonyl (C=O) groups excluding carboxylic acids is 1. The molecule has 0 radical (unpaired) electrons. The van der Waals surface area contributed by atoms with Gasteiger partial charge in [0.1, 0.15) is 0 Å². The number of carbonyl (C=O) groups is 1. The first-order chi connectivity index (χ1) is 14.7. The number of benzene rings is 1. The topological polar surface area (TPSA) is 69.0 Å². The lowest BCUT2D eigenvalue weighted by atomic mass is 9.96. The van der Waals surface area contributed by atoms with Crippen molar-refractivity contribution in [3.05, 3.63) is 65.6 Å². The summed E-state index contributed by atoms with van der Waals surface area (Å²) in [4.78, 5) is 22.2. The molecule has 6 heteroatoms. The van der Waals surface area contributed by atoms with Gasteiger partial charge in [0.05, 0.1) is 29.3 Å². The molecule has 3 aromatic rings. The van der Waals surface area contributed by atoms with E-state index in [1.807, 2.05) is 43.3 Å². The average Bonchev–Trinajstić information content (AvgIpc) is 3.13. The Morgan fingerprint density at radius 2 is 1.97 bits per heavy atom. The SMILES string of the molecule is CCCCCCCOC(=O)C1=C(C)Nc2nc3ccccc3n2[C@@H]1c1cccnc1. The number of aromatic nitrogens is 3. The molecule has 0 bridgehead atoms. The number of para-hydroxylation sites is 2. The minimum Gasteiger partial charge on any atom is -0.462 e. The number of ether oxygens (including phenoxy) is 1. The Morgan fingerprint density at radius 1 is 1.13 bits per heavy atom. The first-order valence-electron chi connectivity index (χ1n) is 10.7. The van der Waals surface area contributed by atoms with E-state index in [9.17, 15) is 4.79 Å². The molecule has 1 aromatic carbocycles. The molecule has 0 unspecified atom stereocenters. The van der Waals surface area contributed by atoms with E-state index >= 15 is 0 Å². The third-order valence-corrected chi connectivity index (χ3v) is 5.53. The molecule has 0 saturated heterocycles. The van der Waals surface area contributed by atoms with Crippen LogP contribution in [0.2, 0.25) is 0 Å². The van der Waals surface area contributed by atoms with Crippen molar-refractivity contribution in [1.82, 2.24) is 14.5 Å². The number of rotatable bonds is 8. The fraction of sp³-hybridized carbons (Fsp3) is 0.375. The van der Waals surface area contributed by atoms with Gasteiger partial charge in [-0.25, -0.2) is 9.78 Å². The molecule has 0 saturated carbocycles. The highest BCUT2D eigenvalue weighted by molar-refractivity contribution is 5.94. The minimum atomic E-state index is -0.338. The second-order valence-electron chi connectivity index (χ2n) is 7.70. The summed E-state index contributed by atoms with van der Waals surface area (Å²) in [6.45, 7) is 4.54. The van der Waals surface area contributed by atoms with Gasteiger partial charge in [0.15, 0.2) is 0 Å². The predicted octanol–water partition coefficient (Wildman–Crippen LogP) is 5.23. The van der Waals surface area contributed by atoms with Crippen LogP contribution >= 0.6 is 0 Å². The fourth-order valence-corrected chi connectivity index (χ4v) is 4.03. The monoisotopic (exact) mass is 404 g/mol. The van der Waals surface area contributed by atoms with Crippen molar-refractivity contribution < 1.29 is 9.53 Å². The van der Waals surface area contributed by atoms with E-state index in [1.165, 1.54) is 19.3 Å². The maximum Gasteiger partial charge on any atom is 0.338 e. The highest BCUT2D eigenvalue weighted by Gasteiger charge is 2.35. The number of hydrogen-bond acceptors (Lipinski definition) is 5. The van der Waals surface area contributed by atoms with Crippen molar-refractivity contribution in [2.24, 2.45) is 0 Å². The number of fused-ring (bicyclic) bond motifs is 3. The minimum absolute atomic E-state index is 0.284. The molecular formula is C24H28N4O2.